The zero-order valence-corrected chi connectivity index (χ0v) is 15.0. The molecule has 0 fully saturated rings. The number of aromatic nitrogens is 1. The first kappa shape index (κ1) is 17.9. The van der Waals surface area contributed by atoms with E-state index >= 15 is 0 Å². The predicted octanol–water partition coefficient (Wildman–Crippen LogP) is 2.43. The van der Waals surface area contributed by atoms with Crippen molar-refractivity contribution in [3.05, 3.63) is 52.8 Å². The van der Waals surface area contributed by atoms with E-state index in [1.807, 2.05) is 13.0 Å². The second-order valence-electron chi connectivity index (χ2n) is 5.67. The Morgan fingerprint density at radius 1 is 1.21 bits per heavy atom. The molecule has 0 saturated heterocycles. The van der Waals surface area contributed by atoms with Crippen molar-refractivity contribution in [1.29, 1.82) is 5.26 Å². The van der Waals surface area contributed by atoms with Gasteiger partial charge in [0.15, 0.2) is 0 Å². The molecule has 24 heavy (non-hydrogen) atoms. The van der Waals surface area contributed by atoms with Gasteiger partial charge in [0.25, 0.3) is 0 Å². The Morgan fingerprint density at radius 2 is 1.83 bits per heavy atom. The summed E-state index contributed by atoms with van der Waals surface area (Å²) in [5.41, 5.74) is 3.69. The third-order valence-electron chi connectivity index (χ3n) is 3.63. The Kier molecular flexibility index (Phi) is 5.22. The van der Waals surface area contributed by atoms with Crippen LogP contribution in [-0.4, -0.2) is 31.8 Å². The van der Waals surface area contributed by atoms with Gasteiger partial charge in [0, 0.05) is 26.3 Å². The van der Waals surface area contributed by atoms with Crippen LogP contribution in [0.1, 0.15) is 22.5 Å². The molecule has 2 aromatic rings. The third kappa shape index (κ3) is 3.72. The van der Waals surface area contributed by atoms with Gasteiger partial charge >= 0.3 is 0 Å². The van der Waals surface area contributed by atoms with Gasteiger partial charge in [0.1, 0.15) is 6.07 Å². The molecule has 1 aromatic heterocycles. The molecule has 7 heteroatoms. The van der Waals surface area contributed by atoms with Gasteiger partial charge in [-0.1, -0.05) is 12.1 Å². The first-order valence-electron chi connectivity index (χ1n) is 7.39. The summed E-state index contributed by atoms with van der Waals surface area (Å²) >= 11 is 0. The number of nitriles is 1. The van der Waals surface area contributed by atoms with E-state index in [1.54, 1.807) is 31.2 Å². The lowest BCUT2D eigenvalue weighted by Gasteiger charge is -2.13. The van der Waals surface area contributed by atoms with E-state index < -0.39 is 10.0 Å². The molecule has 1 N–H and O–H groups in total. The number of benzene rings is 1. The SMILES string of the molecule is Cc1cc(NCc2ccc(S(=O)(=O)N(C)C)cc2)c(C#N)c(C)n1. The van der Waals surface area contributed by atoms with Crippen LogP contribution in [0.15, 0.2) is 35.2 Å². The highest BCUT2D eigenvalue weighted by Crippen LogP contribution is 2.20. The predicted molar refractivity (Wildman–Crippen MR) is 93.1 cm³/mol. The van der Waals surface area contributed by atoms with Crippen molar-refractivity contribution in [2.75, 3.05) is 19.4 Å². The summed E-state index contributed by atoms with van der Waals surface area (Å²) in [5, 5.41) is 12.5. The number of sulfonamides is 1. The van der Waals surface area contributed by atoms with Crippen LogP contribution in [0.25, 0.3) is 0 Å². The second-order valence-corrected chi connectivity index (χ2v) is 7.82. The van der Waals surface area contributed by atoms with Gasteiger partial charge < -0.3 is 5.32 Å². The fraction of sp³-hybridized carbons (Fsp3) is 0.294. The largest absolute Gasteiger partial charge is 0.380 e. The second kappa shape index (κ2) is 6.99. The monoisotopic (exact) mass is 344 g/mol. The highest BCUT2D eigenvalue weighted by Gasteiger charge is 2.16. The van der Waals surface area contributed by atoms with Crippen molar-refractivity contribution >= 4 is 15.7 Å². The summed E-state index contributed by atoms with van der Waals surface area (Å²) in [4.78, 5) is 4.54. The number of rotatable bonds is 5. The van der Waals surface area contributed by atoms with E-state index in [2.05, 4.69) is 16.4 Å². The molecular weight excluding hydrogens is 324 g/mol. The lowest BCUT2D eigenvalue weighted by molar-refractivity contribution is 0.520. The lowest BCUT2D eigenvalue weighted by Crippen LogP contribution is -2.22. The average Bonchev–Trinajstić information content (AvgIpc) is 2.52. The Labute approximate surface area is 142 Å². The summed E-state index contributed by atoms with van der Waals surface area (Å²) < 4.78 is 25.3. The fourth-order valence-corrected chi connectivity index (χ4v) is 3.20. The van der Waals surface area contributed by atoms with Gasteiger partial charge in [-0.05, 0) is 37.6 Å². The number of nitrogens with zero attached hydrogens (tertiary/aromatic N) is 3. The van der Waals surface area contributed by atoms with Crippen molar-refractivity contribution in [2.45, 2.75) is 25.3 Å². The van der Waals surface area contributed by atoms with Crippen LogP contribution in [0.4, 0.5) is 5.69 Å². The van der Waals surface area contributed by atoms with Crippen molar-refractivity contribution in [3.63, 3.8) is 0 Å². The molecule has 0 amide bonds. The highest BCUT2D eigenvalue weighted by molar-refractivity contribution is 7.89. The van der Waals surface area contributed by atoms with E-state index in [0.29, 0.717) is 17.8 Å². The van der Waals surface area contributed by atoms with E-state index in [1.165, 1.54) is 18.4 Å². The van der Waals surface area contributed by atoms with Crippen LogP contribution in [0.3, 0.4) is 0 Å². The van der Waals surface area contributed by atoms with Crippen LogP contribution in [0, 0.1) is 25.2 Å². The Balaban J connectivity index is 2.19. The number of anilines is 1. The summed E-state index contributed by atoms with van der Waals surface area (Å²) in [6, 6.07) is 10.7. The zero-order chi connectivity index (χ0) is 17.9. The normalized spacial score (nSPS) is 11.3. The van der Waals surface area contributed by atoms with Gasteiger partial charge in [-0.3, -0.25) is 4.98 Å². The molecule has 0 aliphatic rings. The third-order valence-corrected chi connectivity index (χ3v) is 5.45. The molecule has 0 atom stereocenters. The van der Waals surface area contributed by atoms with Crippen molar-refractivity contribution in [1.82, 2.24) is 9.29 Å². The minimum Gasteiger partial charge on any atom is -0.380 e. The van der Waals surface area contributed by atoms with Crippen LogP contribution >= 0.6 is 0 Å². The first-order valence-corrected chi connectivity index (χ1v) is 8.83. The van der Waals surface area contributed by atoms with Gasteiger partial charge in [-0.2, -0.15) is 5.26 Å². The molecule has 0 aliphatic heterocycles. The molecule has 1 aromatic carbocycles. The van der Waals surface area contributed by atoms with Crippen LogP contribution in [0.5, 0.6) is 0 Å². The molecule has 2 rings (SSSR count). The maximum Gasteiger partial charge on any atom is 0.242 e. The molecule has 0 spiro atoms. The van der Waals surface area contributed by atoms with E-state index in [0.717, 1.165) is 16.9 Å². The zero-order valence-electron chi connectivity index (χ0n) is 14.2. The van der Waals surface area contributed by atoms with Gasteiger partial charge in [-0.15, -0.1) is 0 Å². The first-order chi connectivity index (χ1) is 11.3. The smallest absolute Gasteiger partial charge is 0.242 e. The molecule has 0 radical (unpaired) electrons. The van der Waals surface area contributed by atoms with Crippen LogP contribution < -0.4 is 5.32 Å². The number of aryl methyl sites for hydroxylation is 2. The lowest BCUT2D eigenvalue weighted by atomic mass is 10.1. The van der Waals surface area contributed by atoms with E-state index in [4.69, 9.17) is 0 Å². The summed E-state index contributed by atoms with van der Waals surface area (Å²) in [6.45, 7) is 4.16. The van der Waals surface area contributed by atoms with E-state index in [-0.39, 0.29) is 4.90 Å². The Bertz CT molecular complexity index is 882. The van der Waals surface area contributed by atoms with Crippen molar-refractivity contribution in [3.8, 4) is 6.07 Å². The molecule has 0 aliphatic carbocycles. The fourth-order valence-electron chi connectivity index (χ4n) is 2.30. The standard InChI is InChI=1S/C17H20N4O2S/c1-12-9-17(16(10-18)13(2)20-12)19-11-14-5-7-15(8-6-14)24(22,23)21(3)4/h5-9H,11H2,1-4H3,(H,19,20). The van der Waals surface area contributed by atoms with Gasteiger partial charge in [0.2, 0.25) is 10.0 Å². The van der Waals surface area contributed by atoms with Gasteiger partial charge in [0.05, 0.1) is 21.8 Å². The maximum absolute atomic E-state index is 12.0. The molecule has 6 nitrogen and oxygen atoms in total. The van der Waals surface area contributed by atoms with E-state index in [9.17, 15) is 13.7 Å². The number of hydrogen-bond acceptors (Lipinski definition) is 5. The summed E-state index contributed by atoms with van der Waals surface area (Å²) in [6.07, 6.45) is 0. The molecule has 126 valence electrons. The van der Waals surface area contributed by atoms with Crippen molar-refractivity contribution < 1.29 is 8.42 Å². The molecule has 0 unspecified atom stereocenters. The van der Waals surface area contributed by atoms with Crippen LogP contribution in [0.2, 0.25) is 0 Å². The molecule has 1 heterocycles. The Hall–Kier alpha value is -2.43. The number of nitrogens with one attached hydrogen (secondary N) is 1. The molecular formula is C17H20N4O2S. The summed E-state index contributed by atoms with van der Waals surface area (Å²) in [5.74, 6) is 0. The average molecular weight is 344 g/mol. The van der Waals surface area contributed by atoms with Gasteiger partial charge in [-0.25, -0.2) is 12.7 Å². The minimum atomic E-state index is -3.42. The quantitative estimate of drug-likeness (QED) is 0.900. The highest BCUT2D eigenvalue weighted by atomic mass is 32.2. The topological polar surface area (TPSA) is 86.1 Å². The van der Waals surface area contributed by atoms with Crippen LogP contribution in [-0.2, 0) is 16.6 Å². The van der Waals surface area contributed by atoms with Crippen molar-refractivity contribution in [2.24, 2.45) is 0 Å². The molecule has 0 bridgehead atoms. The summed E-state index contributed by atoms with van der Waals surface area (Å²) in [7, 11) is -0.416. The Morgan fingerprint density at radius 3 is 2.38 bits per heavy atom. The molecule has 0 saturated carbocycles. The maximum atomic E-state index is 12.0. The number of pyridine rings is 1. The minimum absolute atomic E-state index is 0.254. The number of hydrogen-bond donors (Lipinski definition) is 1.